The van der Waals surface area contributed by atoms with Gasteiger partial charge in [-0.15, -0.1) is 6.58 Å². The lowest BCUT2D eigenvalue weighted by Gasteiger charge is -2.32. The molecule has 0 aromatic rings. The fraction of sp³-hybridized carbons (Fsp3) is 0.600. The third-order valence-corrected chi connectivity index (χ3v) is 4.61. The van der Waals surface area contributed by atoms with E-state index in [4.69, 9.17) is 0 Å². The van der Waals surface area contributed by atoms with Gasteiger partial charge in [-0.3, -0.25) is 14.5 Å². The second-order valence-corrected chi connectivity index (χ2v) is 7.91. The molecule has 2 rings (SSSR count). The fourth-order valence-electron chi connectivity index (χ4n) is 3.15. The predicted molar refractivity (Wildman–Crippen MR) is 86.8 cm³/mol. The Morgan fingerprint density at radius 1 is 1.50 bits per heavy atom. The molecule has 1 fully saturated rings. The Labute approximate surface area is 132 Å². The molecule has 0 aromatic heterocycles. The largest absolute Gasteiger partial charge is 0.333 e. The van der Waals surface area contributed by atoms with Crippen LogP contribution in [0, 0.1) is 11.8 Å². The molecule has 1 N–H and O–H groups in total. The average molecular weight is 325 g/mol. The zero-order chi connectivity index (χ0) is 16.7. The van der Waals surface area contributed by atoms with E-state index in [1.54, 1.807) is 0 Å². The van der Waals surface area contributed by atoms with Crippen LogP contribution in [0.15, 0.2) is 28.9 Å². The summed E-state index contributed by atoms with van der Waals surface area (Å²) in [5.74, 6) is 0.302. The summed E-state index contributed by atoms with van der Waals surface area (Å²) in [6, 6.07) is -0.0667. The van der Waals surface area contributed by atoms with E-state index in [0.717, 1.165) is 23.4 Å². The molecule has 2 atom stereocenters. The second-order valence-electron chi connectivity index (χ2n) is 6.16. The van der Waals surface area contributed by atoms with Gasteiger partial charge >= 0.3 is 0 Å². The number of hydrogen-bond acceptors (Lipinski definition) is 5. The number of sulfonamides is 1. The minimum Gasteiger partial charge on any atom is -0.333 e. The smallest absolute Gasteiger partial charge is 0.238 e. The lowest BCUT2D eigenvalue weighted by Crippen LogP contribution is -2.37. The maximum absolute atomic E-state index is 12.1. The van der Waals surface area contributed by atoms with Crippen LogP contribution in [0.2, 0.25) is 0 Å². The highest BCUT2D eigenvalue weighted by molar-refractivity contribution is 7.89. The number of aliphatic imine (C=N–C) groups is 1. The molecule has 0 bridgehead atoms. The van der Waals surface area contributed by atoms with Gasteiger partial charge in [0.25, 0.3) is 0 Å². The Balaban J connectivity index is 2.33. The molecule has 0 aromatic carbocycles. The molecule has 1 saturated heterocycles. The summed E-state index contributed by atoms with van der Waals surface area (Å²) in [4.78, 5) is 18.8. The maximum Gasteiger partial charge on any atom is 0.238 e. The Bertz CT molecular complexity index is 662. The topological polar surface area (TPSA) is 78.8 Å². The molecular weight excluding hydrogens is 302 g/mol. The van der Waals surface area contributed by atoms with E-state index < -0.39 is 15.9 Å². The number of allylic oxidation sites excluding steroid dienone is 1. The van der Waals surface area contributed by atoms with Crippen LogP contribution >= 0.6 is 0 Å². The molecular formula is C15H23N3O3S. The Hall–Kier alpha value is -1.63. The second kappa shape index (κ2) is 5.87. The van der Waals surface area contributed by atoms with Crippen molar-refractivity contribution >= 4 is 21.8 Å². The molecule has 0 radical (unpaired) electrons. The van der Waals surface area contributed by atoms with Crippen molar-refractivity contribution in [2.24, 2.45) is 16.8 Å². The third-order valence-electron chi connectivity index (χ3n) is 4.04. The van der Waals surface area contributed by atoms with Crippen LogP contribution in [-0.2, 0) is 14.8 Å². The van der Waals surface area contributed by atoms with Crippen LogP contribution < -0.4 is 4.72 Å². The van der Waals surface area contributed by atoms with Gasteiger partial charge in [0.15, 0.2) is 0 Å². The number of carbonyl (C=O) groups is 1. The number of hydrogen-bond donors (Lipinski definition) is 1. The van der Waals surface area contributed by atoms with Crippen LogP contribution in [0.5, 0.6) is 0 Å². The Morgan fingerprint density at radius 3 is 2.64 bits per heavy atom. The first kappa shape index (κ1) is 16.7. The van der Waals surface area contributed by atoms with Gasteiger partial charge in [0.05, 0.1) is 18.2 Å². The molecule has 0 saturated carbocycles. The first-order valence-corrected chi connectivity index (χ1v) is 9.22. The Morgan fingerprint density at radius 2 is 2.14 bits per heavy atom. The summed E-state index contributed by atoms with van der Waals surface area (Å²) >= 11 is 0. The minimum atomic E-state index is -3.53. The van der Waals surface area contributed by atoms with Crippen molar-refractivity contribution in [3.05, 3.63) is 23.9 Å². The van der Waals surface area contributed by atoms with Gasteiger partial charge in [0, 0.05) is 18.7 Å². The molecule has 1 amide bonds. The van der Waals surface area contributed by atoms with Gasteiger partial charge in [0.1, 0.15) is 5.84 Å². The summed E-state index contributed by atoms with van der Waals surface area (Å²) in [5, 5.41) is 0. The zero-order valence-electron chi connectivity index (χ0n) is 13.5. The van der Waals surface area contributed by atoms with E-state index in [2.05, 4.69) is 30.1 Å². The molecule has 6 nitrogen and oxygen atoms in total. The van der Waals surface area contributed by atoms with E-state index in [9.17, 15) is 13.2 Å². The molecule has 22 heavy (non-hydrogen) atoms. The van der Waals surface area contributed by atoms with Crippen molar-refractivity contribution in [3.8, 4) is 0 Å². The highest BCUT2D eigenvalue weighted by Crippen LogP contribution is 2.37. The van der Waals surface area contributed by atoms with E-state index in [-0.39, 0.29) is 17.9 Å². The quantitative estimate of drug-likeness (QED) is 0.790. The zero-order valence-corrected chi connectivity index (χ0v) is 14.3. The first-order valence-electron chi connectivity index (χ1n) is 7.33. The number of carbonyl (C=O) groups excluding carboxylic acids is 1. The number of nitrogens with zero attached hydrogens (tertiary/aromatic N) is 2. The molecule has 0 spiro atoms. The fourth-order valence-corrected chi connectivity index (χ4v) is 3.68. The van der Waals surface area contributed by atoms with Crippen LogP contribution in [0.1, 0.15) is 27.2 Å². The summed E-state index contributed by atoms with van der Waals surface area (Å²) in [6.45, 7) is 10.4. The van der Waals surface area contributed by atoms with Gasteiger partial charge in [-0.2, -0.15) is 0 Å². The number of fused-ring (bicyclic) bond motifs is 1. The molecule has 122 valence electrons. The summed E-state index contributed by atoms with van der Waals surface area (Å²) in [5.41, 5.74) is 2.25. The average Bonchev–Trinajstić information content (AvgIpc) is 2.81. The van der Waals surface area contributed by atoms with Gasteiger partial charge in [-0.25, -0.2) is 8.42 Å². The highest BCUT2D eigenvalue weighted by Gasteiger charge is 2.39. The molecule has 7 heteroatoms. The van der Waals surface area contributed by atoms with E-state index >= 15 is 0 Å². The normalized spacial score (nSPS) is 25.1. The van der Waals surface area contributed by atoms with E-state index in [1.165, 1.54) is 0 Å². The predicted octanol–water partition coefficient (Wildman–Crippen LogP) is 1.28. The SMILES string of the molecule is C=C[C@@H]1N=C(C)N2C[C@H](C(=O)NS(C)(=O)=O)CC2=C1C(C)C. The van der Waals surface area contributed by atoms with Crippen LogP contribution in [-0.4, -0.2) is 43.9 Å². The lowest BCUT2D eigenvalue weighted by atomic mass is 9.90. The number of amidine groups is 1. The van der Waals surface area contributed by atoms with Crippen LogP contribution in [0.4, 0.5) is 0 Å². The first-order chi connectivity index (χ1) is 10.1. The van der Waals surface area contributed by atoms with Gasteiger partial charge in [-0.1, -0.05) is 19.9 Å². The molecule has 2 aliphatic heterocycles. The van der Waals surface area contributed by atoms with Crippen LogP contribution in [0.25, 0.3) is 0 Å². The number of rotatable bonds is 4. The van der Waals surface area contributed by atoms with Crippen molar-refractivity contribution in [2.45, 2.75) is 33.2 Å². The molecule has 2 aliphatic rings. The van der Waals surface area contributed by atoms with E-state index in [0.29, 0.717) is 13.0 Å². The van der Waals surface area contributed by atoms with Crippen LogP contribution in [0.3, 0.4) is 0 Å². The van der Waals surface area contributed by atoms with E-state index in [1.807, 2.05) is 17.9 Å². The minimum absolute atomic E-state index is 0.0667. The maximum atomic E-state index is 12.1. The van der Waals surface area contributed by atoms with Gasteiger partial charge < -0.3 is 4.90 Å². The van der Waals surface area contributed by atoms with Crippen molar-refractivity contribution in [1.29, 1.82) is 0 Å². The van der Waals surface area contributed by atoms with Crippen molar-refractivity contribution < 1.29 is 13.2 Å². The molecule has 0 unspecified atom stereocenters. The van der Waals surface area contributed by atoms with Crippen molar-refractivity contribution in [1.82, 2.24) is 9.62 Å². The molecule has 2 heterocycles. The Kier molecular flexibility index (Phi) is 4.47. The summed E-state index contributed by atoms with van der Waals surface area (Å²) < 4.78 is 24.6. The monoisotopic (exact) mass is 325 g/mol. The standard InChI is InChI=1S/C15H23N3O3S/c1-6-12-14(9(2)3)13-7-11(8-18(13)10(4)16-12)15(19)17-22(5,20)21/h6,9,11-12H,1,7-8H2,2-5H3,(H,17,19)/t11-,12+/m1/s1. The summed E-state index contributed by atoms with van der Waals surface area (Å²) in [6.07, 6.45) is 3.34. The van der Waals surface area contributed by atoms with Crippen molar-refractivity contribution in [2.75, 3.05) is 12.8 Å². The van der Waals surface area contributed by atoms with Gasteiger partial charge in [-0.05, 0) is 18.4 Å². The number of amides is 1. The summed E-state index contributed by atoms with van der Waals surface area (Å²) in [7, 11) is -3.53. The lowest BCUT2D eigenvalue weighted by molar-refractivity contribution is -0.122. The van der Waals surface area contributed by atoms with Gasteiger partial charge in [0.2, 0.25) is 15.9 Å². The third kappa shape index (κ3) is 3.24. The molecule has 0 aliphatic carbocycles. The number of nitrogens with one attached hydrogen (secondary N) is 1. The van der Waals surface area contributed by atoms with Crippen molar-refractivity contribution in [3.63, 3.8) is 0 Å². The highest BCUT2D eigenvalue weighted by atomic mass is 32.2.